The van der Waals surface area contributed by atoms with Crippen LogP contribution in [0.1, 0.15) is 17.6 Å². The Labute approximate surface area is 146 Å². The smallest absolute Gasteiger partial charge is 0.163 e. The van der Waals surface area contributed by atoms with Gasteiger partial charge < -0.3 is 24.4 Å². The van der Waals surface area contributed by atoms with Gasteiger partial charge in [-0.15, -0.1) is 0 Å². The summed E-state index contributed by atoms with van der Waals surface area (Å²) in [7, 11) is 1.98. The van der Waals surface area contributed by atoms with Gasteiger partial charge in [-0.05, 0) is 19.1 Å². The number of nitrogens with zero attached hydrogens (tertiary/aromatic N) is 3. The summed E-state index contributed by atoms with van der Waals surface area (Å²) in [6, 6.07) is 7.90. The van der Waals surface area contributed by atoms with Gasteiger partial charge in [0.1, 0.15) is 31.0 Å². The fourth-order valence-corrected chi connectivity index (χ4v) is 3.04. The summed E-state index contributed by atoms with van der Waals surface area (Å²) < 4.78 is 17.1. The molecule has 25 heavy (non-hydrogen) atoms. The molecule has 1 aromatic carbocycles. The third-order valence-corrected chi connectivity index (χ3v) is 4.36. The van der Waals surface area contributed by atoms with E-state index in [-0.39, 0.29) is 6.10 Å². The Hall–Kier alpha value is -2.38. The number of morpholine rings is 1. The summed E-state index contributed by atoms with van der Waals surface area (Å²) in [6.07, 6.45) is -0.0390. The summed E-state index contributed by atoms with van der Waals surface area (Å²) in [6.45, 7) is 5.41. The lowest BCUT2D eigenvalue weighted by Crippen LogP contribution is -2.34. The molecule has 0 saturated carbocycles. The topological polar surface area (TPSA) is 68.7 Å². The van der Waals surface area contributed by atoms with Crippen LogP contribution >= 0.6 is 0 Å². The van der Waals surface area contributed by atoms with Crippen molar-refractivity contribution in [1.29, 1.82) is 0 Å². The zero-order valence-corrected chi connectivity index (χ0v) is 14.5. The van der Waals surface area contributed by atoms with Crippen molar-refractivity contribution in [2.24, 2.45) is 0 Å². The highest BCUT2D eigenvalue weighted by Gasteiger charge is 2.20. The molecule has 0 bridgehead atoms. The average Bonchev–Trinajstić information content (AvgIpc) is 2.67. The van der Waals surface area contributed by atoms with Crippen LogP contribution in [-0.4, -0.2) is 49.9 Å². The maximum absolute atomic E-state index is 5.83. The quantitative estimate of drug-likeness (QED) is 0.915. The number of aryl methyl sites for hydroxylation is 1. The van der Waals surface area contributed by atoms with E-state index >= 15 is 0 Å². The summed E-state index contributed by atoms with van der Waals surface area (Å²) in [5.41, 5.74) is 1.88. The largest absolute Gasteiger partial charge is 0.486 e. The molecule has 7 heteroatoms. The van der Waals surface area contributed by atoms with Gasteiger partial charge in [-0.25, -0.2) is 9.97 Å². The van der Waals surface area contributed by atoms with Crippen LogP contribution in [0, 0.1) is 6.92 Å². The summed E-state index contributed by atoms with van der Waals surface area (Å²) in [4.78, 5) is 11.2. The van der Waals surface area contributed by atoms with Crippen molar-refractivity contribution in [3.05, 3.63) is 35.8 Å². The van der Waals surface area contributed by atoms with Crippen LogP contribution in [0.3, 0.4) is 0 Å². The molecule has 132 valence electrons. The summed E-state index contributed by atoms with van der Waals surface area (Å²) in [5, 5.41) is 3.34. The van der Waals surface area contributed by atoms with E-state index in [1.807, 2.05) is 43.1 Å². The molecule has 2 aromatic rings. The van der Waals surface area contributed by atoms with Crippen molar-refractivity contribution < 1.29 is 14.2 Å². The number of anilines is 2. The van der Waals surface area contributed by atoms with Gasteiger partial charge in [0.15, 0.2) is 11.5 Å². The fraction of sp³-hybridized carbons (Fsp3) is 0.444. The molecule has 1 aromatic heterocycles. The number of aromatic nitrogens is 2. The van der Waals surface area contributed by atoms with Crippen molar-refractivity contribution in [1.82, 2.24) is 15.3 Å². The van der Waals surface area contributed by atoms with Gasteiger partial charge in [-0.3, -0.25) is 0 Å². The Morgan fingerprint density at radius 3 is 2.72 bits per heavy atom. The van der Waals surface area contributed by atoms with Gasteiger partial charge in [-0.2, -0.15) is 0 Å². The van der Waals surface area contributed by atoms with Crippen molar-refractivity contribution in [3.8, 4) is 11.5 Å². The fourth-order valence-electron chi connectivity index (χ4n) is 3.04. The average molecular weight is 342 g/mol. The minimum Gasteiger partial charge on any atom is -0.486 e. The van der Waals surface area contributed by atoms with Crippen LogP contribution in [0.15, 0.2) is 24.3 Å². The van der Waals surface area contributed by atoms with E-state index in [4.69, 9.17) is 14.2 Å². The molecule has 0 spiro atoms. The van der Waals surface area contributed by atoms with Gasteiger partial charge in [0.05, 0.1) is 12.3 Å². The molecular weight excluding hydrogens is 320 g/mol. The number of hydrogen-bond acceptors (Lipinski definition) is 7. The zero-order valence-electron chi connectivity index (χ0n) is 14.5. The zero-order chi connectivity index (χ0) is 17.2. The molecule has 1 fully saturated rings. The number of rotatable bonds is 3. The van der Waals surface area contributed by atoms with E-state index in [0.29, 0.717) is 19.8 Å². The molecule has 0 amide bonds. The molecule has 0 unspecified atom stereocenters. The number of benzene rings is 1. The van der Waals surface area contributed by atoms with Gasteiger partial charge >= 0.3 is 0 Å². The Balaban J connectivity index is 1.63. The van der Waals surface area contributed by atoms with Crippen molar-refractivity contribution >= 4 is 11.5 Å². The highest BCUT2D eigenvalue weighted by atomic mass is 16.6. The summed E-state index contributed by atoms with van der Waals surface area (Å²) >= 11 is 0. The third-order valence-electron chi connectivity index (χ3n) is 4.36. The molecule has 0 radical (unpaired) electrons. The maximum atomic E-state index is 5.83. The summed E-state index contributed by atoms with van der Waals surface area (Å²) in [5.74, 6) is 3.10. The number of hydrogen-bond donors (Lipinski definition) is 1. The van der Waals surface area contributed by atoms with E-state index in [0.717, 1.165) is 47.6 Å². The first-order chi connectivity index (χ1) is 12.2. The van der Waals surface area contributed by atoms with E-state index in [2.05, 4.69) is 15.3 Å². The molecule has 2 aliphatic heterocycles. The Kier molecular flexibility index (Phi) is 4.42. The second-order valence-electron chi connectivity index (χ2n) is 6.15. The molecule has 2 aliphatic rings. The highest BCUT2D eigenvalue weighted by Crippen LogP contribution is 2.35. The van der Waals surface area contributed by atoms with E-state index < -0.39 is 0 Å². The lowest BCUT2D eigenvalue weighted by molar-refractivity contribution is 0.0249. The van der Waals surface area contributed by atoms with Crippen LogP contribution in [-0.2, 0) is 4.74 Å². The van der Waals surface area contributed by atoms with Crippen LogP contribution < -0.4 is 19.7 Å². The SMILES string of the molecule is Cc1nc([C@@H]2CNCCO2)cc(N(C)c2ccc3c(c2)OCCO3)n1. The lowest BCUT2D eigenvalue weighted by atomic mass is 10.2. The Morgan fingerprint density at radius 1 is 1.08 bits per heavy atom. The lowest BCUT2D eigenvalue weighted by Gasteiger charge is -2.26. The van der Waals surface area contributed by atoms with E-state index in [1.165, 1.54) is 0 Å². The number of ether oxygens (including phenoxy) is 3. The predicted molar refractivity (Wildman–Crippen MR) is 93.8 cm³/mol. The van der Waals surface area contributed by atoms with E-state index in [9.17, 15) is 0 Å². The predicted octanol–water partition coefficient (Wildman–Crippen LogP) is 1.99. The first-order valence-corrected chi connectivity index (χ1v) is 8.52. The molecule has 7 nitrogen and oxygen atoms in total. The normalized spacial score (nSPS) is 19.5. The maximum Gasteiger partial charge on any atom is 0.163 e. The first kappa shape index (κ1) is 16.1. The standard InChI is InChI=1S/C18H22N4O3/c1-12-20-14(17-11-19-5-6-23-17)10-18(21-12)22(2)13-3-4-15-16(9-13)25-8-7-24-15/h3-4,9-10,17,19H,5-8,11H2,1-2H3/t17-/m0/s1. The molecule has 1 N–H and O–H groups in total. The van der Waals surface area contributed by atoms with Crippen molar-refractivity contribution in [2.75, 3.05) is 44.9 Å². The van der Waals surface area contributed by atoms with Crippen LogP contribution in [0.25, 0.3) is 0 Å². The highest BCUT2D eigenvalue weighted by molar-refractivity contribution is 5.64. The van der Waals surface area contributed by atoms with Gasteiger partial charge in [0.2, 0.25) is 0 Å². The number of fused-ring (bicyclic) bond motifs is 1. The number of nitrogens with one attached hydrogen (secondary N) is 1. The second-order valence-corrected chi connectivity index (χ2v) is 6.15. The monoisotopic (exact) mass is 342 g/mol. The van der Waals surface area contributed by atoms with Gasteiger partial charge in [0.25, 0.3) is 0 Å². The third kappa shape index (κ3) is 3.38. The molecule has 4 rings (SSSR count). The van der Waals surface area contributed by atoms with Crippen molar-refractivity contribution in [3.63, 3.8) is 0 Å². The first-order valence-electron chi connectivity index (χ1n) is 8.52. The van der Waals surface area contributed by atoms with Crippen molar-refractivity contribution in [2.45, 2.75) is 13.0 Å². The van der Waals surface area contributed by atoms with E-state index in [1.54, 1.807) is 0 Å². The second kappa shape index (κ2) is 6.85. The van der Waals surface area contributed by atoms with Gasteiger partial charge in [0, 0.05) is 38.0 Å². The van der Waals surface area contributed by atoms with Crippen LogP contribution in [0.5, 0.6) is 11.5 Å². The van der Waals surface area contributed by atoms with Crippen LogP contribution in [0.4, 0.5) is 11.5 Å². The molecule has 1 saturated heterocycles. The Bertz CT molecular complexity index is 762. The molecular formula is C18H22N4O3. The van der Waals surface area contributed by atoms with Crippen LogP contribution in [0.2, 0.25) is 0 Å². The molecule has 1 atom stereocenters. The minimum absolute atomic E-state index is 0.0390. The minimum atomic E-state index is -0.0390. The van der Waals surface area contributed by atoms with Gasteiger partial charge in [-0.1, -0.05) is 0 Å². The Morgan fingerprint density at radius 2 is 1.92 bits per heavy atom. The molecule has 3 heterocycles. The molecule has 0 aliphatic carbocycles.